The van der Waals surface area contributed by atoms with Gasteiger partial charge < -0.3 is 19.6 Å². The number of esters is 1. The molecule has 1 N–H and O–H groups in total. The normalized spacial score (nSPS) is 10.5. The SMILES string of the molecule is COC(=O)COc1ccc(/C=N\NCc2ccc(Cl)cc2)cc1OC. The van der Waals surface area contributed by atoms with E-state index in [0.717, 1.165) is 11.1 Å². The number of carbonyl (C=O) groups is 1. The number of ether oxygens (including phenoxy) is 3. The second-order valence-corrected chi connectivity index (χ2v) is 5.43. The van der Waals surface area contributed by atoms with Crippen LogP contribution in [0.3, 0.4) is 0 Å². The summed E-state index contributed by atoms with van der Waals surface area (Å²) in [7, 11) is 2.83. The van der Waals surface area contributed by atoms with Gasteiger partial charge >= 0.3 is 5.97 Å². The summed E-state index contributed by atoms with van der Waals surface area (Å²) in [5, 5.41) is 4.88. The van der Waals surface area contributed by atoms with Crippen molar-refractivity contribution >= 4 is 23.8 Å². The van der Waals surface area contributed by atoms with Gasteiger partial charge in [-0.05, 0) is 41.5 Å². The fourth-order valence-electron chi connectivity index (χ4n) is 1.94. The minimum atomic E-state index is -0.459. The predicted octanol–water partition coefficient (Wildman–Crippen LogP) is 3.02. The van der Waals surface area contributed by atoms with Crippen LogP contribution in [0.15, 0.2) is 47.6 Å². The van der Waals surface area contributed by atoms with Crippen LogP contribution >= 0.6 is 11.6 Å². The first kappa shape index (κ1) is 18.6. The van der Waals surface area contributed by atoms with E-state index in [1.165, 1.54) is 14.2 Å². The number of carbonyl (C=O) groups excluding carboxylic acids is 1. The number of methoxy groups -OCH3 is 2. The molecule has 2 aromatic rings. The lowest BCUT2D eigenvalue weighted by atomic mass is 10.2. The van der Waals surface area contributed by atoms with Gasteiger partial charge in [0, 0.05) is 5.02 Å². The first-order valence-electron chi connectivity index (χ1n) is 7.50. The largest absolute Gasteiger partial charge is 0.493 e. The molecule has 0 saturated carbocycles. The average molecular weight is 363 g/mol. The zero-order valence-corrected chi connectivity index (χ0v) is 14.7. The lowest BCUT2D eigenvalue weighted by Gasteiger charge is -2.10. The number of nitrogens with zero attached hydrogens (tertiary/aromatic N) is 1. The second-order valence-electron chi connectivity index (χ2n) is 4.99. The fourth-order valence-corrected chi connectivity index (χ4v) is 2.06. The fraction of sp³-hybridized carbons (Fsp3) is 0.222. The highest BCUT2D eigenvalue weighted by molar-refractivity contribution is 6.30. The summed E-state index contributed by atoms with van der Waals surface area (Å²) in [5.41, 5.74) is 4.86. The van der Waals surface area contributed by atoms with E-state index in [0.29, 0.717) is 23.1 Å². The van der Waals surface area contributed by atoms with Gasteiger partial charge in [-0.15, -0.1) is 0 Å². The Labute approximate surface area is 151 Å². The molecule has 132 valence electrons. The van der Waals surface area contributed by atoms with Crippen molar-refractivity contribution in [3.63, 3.8) is 0 Å². The molecule has 0 saturated heterocycles. The summed E-state index contributed by atoms with van der Waals surface area (Å²) in [5.74, 6) is 0.504. The van der Waals surface area contributed by atoms with Gasteiger partial charge in [0.05, 0.1) is 27.0 Å². The number of nitrogens with one attached hydrogen (secondary N) is 1. The molecule has 2 rings (SSSR count). The van der Waals surface area contributed by atoms with Crippen LogP contribution in [0.4, 0.5) is 0 Å². The van der Waals surface area contributed by atoms with Gasteiger partial charge in [0.15, 0.2) is 18.1 Å². The molecule has 0 atom stereocenters. The van der Waals surface area contributed by atoms with Crippen LogP contribution in [0.25, 0.3) is 0 Å². The third-order valence-corrected chi connectivity index (χ3v) is 3.51. The van der Waals surface area contributed by atoms with Gasteiger partial charge in [0.25, 0.3) is 0 Å². The lowest BCUT2D eigenvalue weighted by molar-refractivity contribution is -0.142. The Morgan fingerprint density at radius 1 is 1.16 bits per heavy atom. The smallest absolute Gasteiger partial charge is 0.343 e. The Morgan fingerprint density at radius 3 is 2.60 bits per heavy atom. The minimum Gasteiger partial charge on any atom is -0.493 e. The molecule has 25 heavy (non-hydrogen) atoms. The van der Waals surface area contributed by atoms with E-state index in [2.05, 4.69) is 15.3 Å². The van der Waals surface area contributed by atoms with Crippen molar-refractivity contribution in [2.24, 2.45) is 5.10 Å². The van der Waals surface area contributed by atoms with Crippen molar-refractivity contribution in [2.45, 2.75) is 6.54 Å². The van der Waals surface area contributed by atoms with Gasteiger partial charge in [-0.1, -0.05) is 23.7 Å². The molecule has 0 aromatic heterocycles. The Hall–Kier alpha value is -2.73. The van der Waals surface area contributed by atoms with Gasteiger partial charge in [-0.3, -0.25) is 0 Å². The van der Waals surface area contributed by atoms with Crippen LogP contribution in [0.5, 0.6) is 11.5 Å². The van der Waals surface area contributed by atoms with Crippen LogP contribution in [0, 0.1) is 0 Å². The van der Waals surface area contributed by atoms with E-state index >= 15 is 0 Å². The van der Waals surface area contributed by atoms with Crippen LogP contribution in [0.1, 0.15) is 11.1 Å². The molecule has 0 amide bonds. The Bertz CT molecular complexity index is 732. The van der Waals surface area contributed by atoms with Crippen LogP contribution in [-0.2, 0) is 16.1 Å². The first-order chi connectivity index (χ1) is 12.1. The van der Waals surface area contributed by atoms with Gasteiger partial charge in [0.2, 0.25) is 0 Å². The summed E-state index contributed by atoms with van der Waals surface area (Å²) < 4.78 is 15.2. The summed E-state index contributed by atoms with van der Waals surface area (Å²) in [6.45, 7) is 0.411. The lowest BCUT2D eigenvalue weighted by Crippen LogP contribution is -2.13. The number of hydrogen-bond acceptors (Lipinski definition) is 6. The minimum absolute atomic E-state index is 0.178. The number of hydrazone groups is 1. The van der Waals surface area contributed by atoms with Crippen molar-refractivity contribution in [3.8, 4) is 11.5 Å². The zero-order chi connectivity index (χ0) is 18.1. The molecular weight excluding hydrogens is 344 g/mol. The molecule has 6 nitrogen and oxygen atoms in total. The number of halogens is 1. The maximum atomic E-state index is 11.1. The van der Waals surface area contributed by atoms with E-state index < -0.39 is 5.97 Å². The molecule has 0 bridgehead atoms. The van der Waals surface area contributed by atoms with Crippen molar-refractivity contribution in [3.05, 3.63) is 58.6 Å². The zero-order valence-electron chi connectivity index (χ0n) is 14.0. The molecule has 0 radical (unpaired) electrons. The molecule has 0 aliphatic carbocycles. The summed E-state index contributed by atoms with van der Waals surface area (Å²) in [4.78, 5) is 11.1. The van der Waals surface area contributed by atoms with E-state index in [1.807, 2.05) is 30.3 Å². The number of benzene rings is 2. The molecule has 0 fully saturated rings. The number of hydrogen-bond donors (Lipinski definition) is 1. The molecule has 0 unspecified atom stereocenters. The standard InChI is InChI=1S/C18H19ClN2O4/c1-23-17-9-14(5-8-16(17)25-12-18(22)24-2)11-21-20-10-13-3-6-15(19)7-4-13/h3-9,11,20H,10,12H2,1-2H3/b21-11-. The van der Waals surface area contributed by atoms with Gasteiger partial charge in [-0.2, -0.15) is 5.10 Å². The topological polar surface area (TPSA) is 69.2 Å². The van der Waals surface area contributed by atoms with E-state index in [9.17, 15) is 4.79 Å². The highest BCUT2D eigenvalue weighted by Gasteiger charge is 2.08. The van der Waals surface area contributed by atoms with Crippen LogP contribution in [0.2, 0.25) is 5.02 Å². The van der Waals surface area contributed by atoms with E-state index in [4.69, 9.17) is 21.1 Å². The van der Waals surface area contributed by atoms with E-state index in [-0.39, 0.29) is 6.61 Å². The second kappa shape index (κ2) is 9.54. The highest BCUT2D eigenvalue weighted by Crippen LogP contribution is 2.27. The summed E-state index contributed by atoms with van der Waals surface area (Å²) in [6.07, 6.45) is 1.67. The predicted molar refractivity (Wildman–Crippen MR) is 96.4 cm³/mol. The molecule has 7 heteroatoms. The molecule has 0 heterocycles. The third kappa shape index (κ3) is 6.00. The van der Waals surface area contributed by atoms with Crippen LogP contribution < -0.4 is 14.9 Å². The molecule has 0 spiro atoms. The Morgan fingerprint density at radius 2 is 1.92 bits per heavy atom. The van der Waals surface area contributed by atoms with Crippen LogP contribution in [-0.4, -0.2) is 33.0 Å². The summed E-state index contributed by atoms with van der Waals surface area (Å²) in [6, 6.07) is 12.8. The van der Waals surface area contributed by atoms with E-state index in [1.54, 1.807) is 18.3 Å². The Balaban J connectivity index is 1.92. The molecule has 0 aliphatic heterocycles. The maximum Gasteiger partial charge on any atom is 0.343 e. The molecule has 0 aliphatic rings. The monoisotopic (exact) mass is 362 g/mol. The van der Waals surface area contributed by atoms with Crippen molar-refractivity contribution in [1.82, 2.24) is 5.43 Å². The maximum absolute atomic E-state index is 11.1. The molecular formula is C18H19ClN2O4. The van der Waals surface area contributed by atoms with Crippen molar-refractivity contribution in [2.75, 3.05) is 20.8 Å². The van der Waals surface area contributed by atoms with Gasteiger partial charge in [0.1, 0.15) is 0 Å². The number of rotatable bonds is 8. The third-order valence-electron chi connectivity index (χ3n) is 3.26. The van der Waals surface area contributed by atoms with Crippen molar-refractivity contribution in [1.29, 1.82) is 0 Å². The average Bonchev–Trinajstić information content (AvgIpc) is 2.65. The molecule has 2 aromatic carbocycles. The Kier molecular flexibility index (Phi) is 7.10. The van der Waals surface area contributed by atoms with Gasteiger partial charge in [-0.25, -0.2) is 4.79 Å². The quantitative estimate of drug-likeness (QED) is 0.444. The first-order valence-corrected chi connectivity index (χ1v) is 7.88. The summed E-state index contributed by atoms with van der Waals surface area (Å²) >= 11 is 5.84. The highest BCUT2D eigenvalue weighted by atomic mass is 35.5. The van der Waals surface area contributed by atoms with Crippen molar-refractivity contribution < 1.29 is 19.0 Å².